The van der Waals surface area contributed by atoms with Crippen LogP contribution in [0.15, 0.2) is 48.7 Å². The van der Waals surface area contributed by atoms with Crippen LogP contribution >= 0.6 is 0 Å². The summed E-state index contributed by atoms with van der Waals surface area (Å²) in [6.07, 6.45) is 7.81. The summed E-state index contributed by atoms with van der Waals surface area (Å²) in [5.41, 5.74) is 1.94. The fraction of sp³-hybridized carbons (Fsp3) is 0.429. The van der Waals surface area contributed by atoms with E-state index in [1.54, 1.807) is 18.3 Å². The highest BCUT2D eigenvalue weighted by Crippen LogP contribution is 2.26. The lowest BCUT2D eigenvalue weighted by atomic mass is 9.88. The summed E-state index contributed by atoms with van der Waals surface area (Å²) in [4.78, 5) is 29.8. The Morgan fingerprint density at radius 2 is 1.85 bits per heavy atom. The number of carbonyl (C=O) groups is 1. The number of non-ortho nitro benzene ring substituents is 1. The minimum absolute atomic E-state index is 0.0670. The van der Waals surface area contributed by atoms with Gasteiger partial charge < -0.3 is 4.90 Å². The van der Waals surface area contributed by atoms with Crippen molar-refractivity contribution < 1.29 is 9.72 Å². The van der Waals surface area contributed by atoms with Crippen molar-refractivity contribution >= 4 is 11.6 Å². The van der Waals surface area contributed by atoms with Gasteiger partial charge in [-0.3, -0.25) is 19.9 Å². The summed E-state index contributed by atoms with van der Waals surface area (Å²) in [6.45, 7) is 1.07. The van der Waals surface area contributed by atoms with Crippen LogP contribution in [0.25, 0.3) is 0 Å². The Kier molecular flexibility index (Phi) is 6.52. The largest absolute Gasteiger partial charge is 0.338 e. The van der Waals surface area contributed by atoms with E-state index >= 15 is 0 Å². The second-order valence-electron chi connectivity index (χ2n) is 7.09. The van der Waals surface area contributed by atoms with Gasteiger partial charge in [0.15, 0.2) is 0 Å². The first kappa shape index (κ1) is 19.0. The Labute approximate surface area is 159 Å². The molecule has 0 N–H and O–H groups in total. The zero-order valence-electron chi connectivity index (χ0n) is 15.4. The lowest BCUT2D eigenvalue weighted by Crippen LogP contribution is -2.38. The smallest absolute Gasteiger partial charge is 0.269 e. The number of amides is 1. The molecule has 3 rings (SSSR count). The topological polar surface area (TPSA) is 76.3 Å². The number of rotatable bonds is 7. The van der Waals surface area contributed by atoms with Crippen molar-refractivity contribution in [3.8, 4) is 0 Å². The third kappa shape index (κ3) is 5.36. The van der Waals surface area contributed by atoms with Crippen LogP contribution in [-0.2, 0) is 17.8 Å². The molecule has 0 aliphatic heterocycles. The molecule has 1 aromatic carbocycles. The fourth-order valence-corrected chi connectivity index (χ4v) is 3.61. The van der Waals surface area contributed by atoms with Gasteiger partial charge in [-0.25, -0.2) is 0 Å². The molecule has 6 heteroatoms. The first-order valence-electron chi connectivity index (χ1n) is 9.55. The monoisotopic (exact) mass is 367 g/mol. The number of nitrogens with zero attached hydrogens (tertiary/aromatic N) is 3. The van der Waals surface area contributed by atoms with Gasteiger partial charge >= 0.3 is 0 Å². The van der Waals surface area contributed by atoms with Crippen LogP contribution in [0, 0.1) is 16.0 Å². The quantitative estimate of drug-likeness (QED) is 0.544. The molecule has 1 heterocycles. The van der Waals surface area contributed by atoms with Crippen LogP contribution in [0.4, 0.5) is 5.69 Å². The van der Waals surface area contributed by atoms with Crippen molar-refractivity contribution in [1.29, 1.82) is 0 Å². The van der Waals surface area contributed by atoms with Crippen molar-refractivity contribution in [3.63, 3.8) is 0 Å². The van der Waals surface area contributed by atoms with Gasteiger partial charge in [0.05, 0.1) is 4.92 Å². The maximum atomic E-state index is 13.1. The van der Waals surface area contributed by atoms with E-state index in [0.29, 0.717) is 19.5 Å². The van der Waals surface area contributed by atoms with Crippen molar-refractivity contribution in [3.05, 3.63) is 70.0 Å². The van der Waals surface area contributed by atoms with Gasteiger partial charge in [-0.2, -0.15) is 0 Å². The molecule has 1 saturated carbocycles. The SMILES string of the molecule is O=C(C1CCCCC1)N(CCc1ccccn1)Cc1ccc([N+](=O)[O-])cc1. The molecular formula is C21H25N3O3. The van der Waals surface area contributed by atoms with Gasteiger partial charge in [0.25, 0.3) is 5.69 Å². The molecule has 27 heavy (non-hydrogen) atoms. The lowest BCUT2D eigenvalue weighted by molar-refractivity contribution is -0.384. The molecule has 0 spiro atoms. The summed E-state index contributed by atoms with van der Waals surface area (Å²) in [5.74, 6) is 0.296. The summed E-state index contributed by atoms with van der Waals surface area (Å²) in [6, 6.07) is 12.3. The van der Waals surface area contributed by atoms with Crippen LogP contribution in [0.1, 0.15) is 43.4 Å². The zero-order valence-corrected chi connectivity index (χ0v) is 15.4. The molecule has 6 nitrogen and oxygen atoms in total. The van der Waals surface area contributed by atoms with Gasteiger partial charge in [-0.05, 0) is 30.5 Å². The predicted octanol–water partition coefficient (Wildman–Crippen LogP) is 4.14. The number of nitro groups is 1. The molecule has 1 aliphatic rings. The number of benzene rings is 1. The molecule has 0 bridgehead atoms. The number of pyridine rings is 1. The number of hydrogen-bond donors (Lipinski definition) is 0. The Balaban J connectivity index is 1.71. The van der Waals surface area contributed by atoms with Crippen LogP contribution in [0.2, 0.25) is 0 Å². The summed E-state index contributed by atoms with van der Waals surface area (Å²) < 4.78 is 0. The first-order chi connectivity index (χ1) is 13.1. The normalized spacial score (nSPS) is 14.7. The number of hydrogen-bond acceptors (Lipinski definition) is 4. The molecular weight excluding hydrogens is 342 g/mol. The van der Waals surface area contributed by atoms with E-state index in [0.717, 1.165) is 36.9 Å². The van der Waals surface area contributed by atoms with Crippen LogP contribution in [0.5, 0.6) is 0 Å². The minimum Gasteiger partial charge on any atom is -0.338 e. The van der Waals surface area contributed by atoms with Gasteiger partial charge in [0, 0.05) is 49.5 Å². The van der Waals surface area contributed by atoms with E-state index in [2.05, 4.69) is 4.98 Å². The van der Waals surface area contributed by atoms with E-state index in [1.165, 1.54) is 18.6 Å². The molecule has 1 fully saturated rings. The maximum absolute atomic E-state index is 13.1. The predicted molar refractivity (Wildman–Crippen MR) is 103 cm³/mol. The summed E-state index contributed by atoms with van der Waals surface area (Å²) in [5, 5.41) is 10.8. The molecule has 1 aromatic heterocycles. The second kappa shape index (κ2) is 9.26. The van der Waals surface area contributed by atoms with Crippen LogP contribution in [-0.4, -0.2) is 27.3 Å². The Hall–Kier alpha value is -2.76. The van der Waals surface area contributed by atoms with Gasteiger partial charge in [-0.1, -0.05) is 37.5 Å². The molecule has 0 radical (unpaired) electrons. The Bertz CT molecular complexity index is 756. The van der Waals surface area contributed by atoms with E-state index in [9.17, 15) is 14.9 Å². The average molecular weight is 367 g/mol. The van der Waals surface area contributed by atoms with Gasteiger partial charge in [-0.15, -0.1) is 0 Å². The van der Waals surface area contributed by atoms with Crippen molar-refractivity contribution in [1.82, 2.24) is 9.88 Å². The highest BCUT2D eigenvalue weighted by atomic mass is 16.6. The van der Waals surface area contributed by atoms with Crippen LogP contribution < -0.4 is 0 Å². The van der Waals surface area contributed by atoms with Crippen molar-refractivity contribution in [2.45, 2.75) is 45.1 Å². The number of carbonyl (C=O) groups excluding carboxylic acids is 1. The third-order valence-electron chi connectivity index (χ3n) is 5.15. The van der Waals surface area contributed by atoms with E-state index in [-0.39, 0.29) is 17.5 Å². The molecule has 1 aliphatic carbocycles. The highest BCUT2D eigenvalue weighted by molar-refractivity contribution is 5.79. The molecule has 0 unspecified atom stereocenters. The number of nitro benzene ring substituents is 1. The van der Waals surface area contributed by atoms with Crippen molar-refractivity contribution in [2.75, 3.05) is 6.54 Å². The number of aromatic nitrogens is 1. The highest BCUT2D eigenvalue weighted by Gasteiger charge is 2.26. The van der Waals surface area contributed by atoms with E-state index < -0.39 is 4.92 Å². The second-order valence-corrected chi connectivity index (χ2v) is 7.09. The summed E-state index contributed by atoms with van der Waals surface area (Å²) in [7, 11) is 0. The van der Waals surface area contributed by atoms with E-state index in [4.69, 9.17) is 0 Å². The average Bonchev–Trinajstić information content (AvgIpc) is 2.72. The van der Waals surface area contributed by atoms with Gasteiger partial charge in [0.1, 0.15) is 0 Å². The van der Waals surface area contributed by atoms with E-state index in [1.807, 2.05) is 23.1 Å². The van der Waals surface area contributed by atoms with Crippen molar-refractivity contribution in [2.24, 2.45) is 5.92 Å². The zero-order chi connectivity index (χ0) is 19.1. The Morgan fingerprint density at radius 1 is 1.11 bits per heavy atom. The minimum atomic E-state index is -0.407. The lowest BCUT2D eigenvalue weighted by Gasteiger charge is -2.29. The molecule has 1 amide bonds. The first-order valence-corrected chi connectivity index (χ1v) is 9.55. The third-order valence-corrected chi connectivity index (χ3v) is 5.15. The Morgan fingerprint density at radius 3 is 2.48 bits per heavy atom. The van der Waals surface area contributed by atoms with Crippen LogP contribution in [0.3, 0.4) is 0 Å². The molecule has 142 valence electrons. The van der Waals surface area contributed by atoms with Gasteiger partial charge in [0.2, 0.25) is 5.91 Å². The fourth-order valence-electron chi connectivity index (χ4n) is 3.61. The summed E-state index contributed by atoms with van der Waals surface area (Å²) >= 11 is 0. The maximum Gasteiger partial charge on any atom is 0.269 e. The standard InChI is InChI=1S/C21H25N3O3/c25-21(18-6-2-1-3-7-18)23(15-13-19-8-4-5-14-22-19)16-17-9-11-20(12-10-17)24(26)27/h4-5,8-12,14,18H,1-3,6-7,13,15-16H2. The molecule has 0 saturated heterocycles. The molecule has 2 aromatic rings. The molecule has 0 atom stereocenters.